The number of thiophene rings is 1. The molecule has 2 heterocycles. The molecule has 1 fully saturated rings. The molecular weight excluding hydrogens is 316 g/mol. The number of hydrogen-bond donors (Lipinski definition) is 2. The Morgan fingerprint density at radius 3 is 2.65 bits per heavy atom. The summed E-state index contributed by atoms with van der Waals surface area (Å²) in [5, 5.41) is 3.43. The summed E-state index contributed by atoms with van der Waals surface area (Å²) < 4.78 is 10.7. The van der Waals surface area contributed by atoms with E-state index in [4.69, 9.17) is 9.47 Å². The number of morpholine rings is 1. The van der Waals surface area contributed by atoms with Gasteiger partial charge in [0.25, 0.3) is 5.91 Å². The Hall–Kier alpha value is -1.44. The molecule has 2 rings (SSSR count). The first-order valence-electron chi connectivity index (χ1n) is 7.95. The van der Waals surface area contributed by atoms with Crippen molar-refractivity contribution in [1.82, 2.24) is 0 Å². The van der Waals surface area contributed by atoms with Crippen molar-refractivity contribution in [2.45, 2.75) is 39.9 Å². The predicted octanol–water partition coefficient (Wildman–Crippen LogP) is 0.864. The molecule has 1 amide bonds. The zero-order valence-electron chi connectivity index (χ0n) is 14.1. The number of anilines is 1. The number of ether oxygens (including phenoxy) is 2. The maximum absolute atomic E-state index is 12.3. The number of esters is 1. The van der Waals surface area contributed by atoms with Crippen molar-refractivity contribution in [3.63, 3.8) is 0 Å². The van der Waals surface area contributed by atoms with E-state index in [1.807, 2.05) is 20.8 Å². The van der Waals surface area contributed by atoms with Crippen LogP contribution >= 0.6 is 11.3 Å². The molecule has 7 heteroatoms. The maximum Gasteiger partial charge on any atom is 0.341 e. The van der Waals surface area contributed by atoms with Crippen molar-refractivity contribution in [1.29, 1.82) is 0 Å². The fourth-order valence-electron chi connectivity index (χ4n) is 2.90. The van der Waals surface area contributed by atoms with E-state index in [0.717, 1.165) is 18.0 Å². The van der Waals surface area contributed by atoms with Gasteiger partial charge < -0.3 is 19.7 Å². The van der Waals surface area contributed by atoms with Crippen molar-refractivity contribution in [2.75, 3.05) is 31.6 Å². The van der Waals surface area contributed by atoms with Crippen LogP contribution in [0.15, 0.2) is 6.07 Å². The number of carbonyl (C=O) groups excluding carboxylic acids is 2. The highest BCUT2D eigenvalue weighted by Crippen LogP contribution is 2.28. The number of rotatable bonds is 5. The van der Waals surface area contributed by atoms with E-state index in [0.29, 0.717) is 23.7 Å². The third-order valence-electron chi connectivity index (χ3n) is 3.63. The van der Waals surface area contributed by atoms with Crippen LogP contribution in [-0.2, 0) is 14.3 Å². The fourth-order valence-corrected chi connectivity index (χ4v) is 3.81. The molecule has 0 aliphatic carbocycles. The van der Waals surface area contributed by atoms with Gasteiger partial charge in [0.05, 0.1) is 12.2 Å². The van der Waals surface area contributed by atoms with Gasteiger partial charge in [0, 0.05) is 4.88 Å². The highest BCUT2D eigenvalue weighted by Gasteiger charge is 2.28. The lowest BCUT2D eigenvalue weighted by Gasteiger charge is -2.31. The van der Waals surface area contributed by atoms with Gasteiger partial charge in [0.15, 0.2) is 6.54 Å². The van der Waals surface area contributed by atoms with Crippen LogP contribution in [-0.4, -0.2) is 50.3 Å². The molecule has 1 aliphatic heterocycles. The second-order valence-corrected chi connectivity index (χ2v) is 7.22. The summed E-state index contributed by atoms with van der Waals surface area (Å²) in [5.41, 5.74) is 0.432. The van der Waals surface area contributed by atoms with Crippen LogP contribution in [0.5, 0.6) is 0 Å². The van der Waals surface area contributed by atoms with E-state index in [9.17, 15) is 9.59 Å². The third kappa shape index (κ3) is 5.02. The van der Waals surface area contributed by atoms with Crippen LogP contribution in [0.25, 0.3) is 0 Å². The van der Waals surface area contributed by atoms with Crippen LogP contribution in [0.3, 0.4) is 0 Å². The van der Waals surface area contributed by atoms with Crippen molar-refractivity contribution >= 4 is 28.2 Å². The van der Waals surface area contributed by atoms with Gasteiger partial charge in [-0.15, -0.1) is 11.3 Å². The lowest BCUT2D eigenvalue weighted by Crippen LogP contribution is -3.16. The first-order chi connectivity index (χ1) is 10.9. The number of carbonyl (C=O) groups is 2. The van der Waals surface area contributed by atoms with Crippen molar-refractivity contribution in [3.05, 3.63) is 16.5 Å². The Morgan fingerprint density at radius 2 is 2.04 bits per heavy atom. The molecule has 6 nitrogen and oxygen atoms in total. The molecule has 0 spiro atoms. The minimum Gasteiger partial charge on any atom is -0.462 e. The molecule has 1 saturated heterocycles. The van der Waals surface area contributed by atoms with Gasteiger partial charge in [0.2, 0.25) is 0 Å². The number of nitrogens with one attached hydrogen (secondary N) is 2. The van der Waals surface area contributed by atoms with E-state index < -0.39 is 5.97 Å². The van der Waals surface area contributed by atoms with Gasteiger partial charge in [-0.05, 0) is 33.8 Å². The zero-order valence-corrected chi connectivity index (χ0v) is 14.9. The minimum absolute atomic E-state index is 0.0892. The lowest BCUT2D eigenvalue weighted by molar-refractivity contribution is -0.907. The van der Waals surface area contributed by atoms with Crippen LogP contribution in [0.2, 0.25) is 0 Å². The van der Waals surface area contributed by atoms with E-state index in [-0.39, 0.29) is 18.1 Å². The normalized spacial score (nSPS) is 24.3. The van der Waals surface area contributed by atoms with Crippen LogP contribution in [0, 0.1) is 6.92 Å². The molecule has 1 aromatic rings. The van der Waals surface area contributed by atoms with Gasteiger partial charge in [0.1, 0.15) is 30.3 Å². The van der Waals surface area contributed by atoms with Gasteiger partial charge in [-0.25, -0.2) is 4.79 Å². The smallest absolute Gasteiger partial charge is 0.341 e. The summed E-state index contributed by atoms with van der Waals surface area (Å²) in [5.74, 6) is -0.484. The molecular formula is C16H25N2O4S+. The van der Waals surface area contributed by atoms with E-state index in [1.54, 1.807) is 13.0 Å². The van der Waals surface area contributed by atoms with Gasteiger partial charge in [-0.2, -0.15) is 0 Å². The quantitative estimate of drug-likeness (QED) is 0.780. The van der Waals surface area contributed by atoms with E-state index >= 15 is 0 Å². The maximum atomic E-state index is 12.3. The molecule has 0 unspecified atom stereocenters. The number of amides is 1. The fraction of sp³-hybridized carbons (Fsp3) is 0.625. The van der Waals surface area contributed by atoms with Gasteiger partial charge in [-0.1, -0.05) is 0 Å². The second-order valence-electron chi connectivity index (χ2n) is 5.96. The molecule has 128 valence electrons. The summed E-state index contributed by atoms with van der Waals surface area (Å²) in [6.07, 6.45) is 0.307. The molecule has 2 atom stereocenters. The average Bonchev–Trinajstić information content (AvgIpc) is 2.78. The number of hydrogen-bond acceptors (Lipinski definition) is 5. The molecule has 0 saturated carbocycles. The number of aryl methyl sites for hydroxylation is 1. The molecule has 0 bridgehead atoms. The minimum atomic E-state index is -0.395. The Labute approximate surface area is 140 Å². The monoisotopic (exact) mass is 341 g/mol. The lowest BCUT2D eigenvalue weighted by atomic mass is 10.2. The summed E-state index contributed by atoms with van der Waals surface area (Å²) in [6, 6.07) is 1.75. The second kappa shape index (κ2) is 7.90. The predicted molar refractivity (Wildman–Crippen MR) is 89.2 cm³/mol. The van der Waals surface area contributed by atoms with Crippen LogP contribution < -0.4 is 10.2 Å². The van der Waals surface area contributed by atoms with Crippen molar-refractivity contribution in [2.24, 2.45) is 0 Å². The SMILES string of the molecule is CCOC(=O)c1cc(C)sc1NC(=O)C[NH+]1C[C@H](C)O[C@@H](C)C1. The molecule has 1 aromatic heterocycles. The Bertz CT molecular complexity index is 562. The molecule has 1 aliphatic rings. The van der Waals surface area contributed by atoms with Crippen molar-refractivity contribution < 1.29 is 24.0 Å². The molecule has 0 aromatic carbocycles. The van der Waals surface area contributed by atoms with Gasteiger partial charge in [-0.3, -0.25) is 4.79 Å². The highest BCUT2D eigenvalue weighted by atomic mass is 32.1. The first-order valence-corrected chi connectivity index (χ1v) is 8.77. The van der Waals surface area contributed by atoms with E-state index in [1.165, 1.54) is 16.2 Å². The van der Waals surface area contributed by atoms with Crippen LogP contribution in [0.4, 0.5) is 5.00 Å². The van der Waals surface area contributed by atoms with Crippen LogP contribution in [0.1, 0.15) is 36.0 Å². The topological polar surface area (TPSA) is 69.1 Å². The summed E-state index contributed by atoms with van der Waals surface area (Å²) in [4.78, 5) is 26.4. The standard InChI is InChI=1S/C16H24N2O4S/c1-5-21-16(20)13-6-12(4)23-15(13)17-14(19)9-18-7-10(2)22-11(3)8-18/h6,10-11H,5,7-9H2,1-4H3,(H,17,19)/p+1/t10-,11-/m0/s1. The number of quaternary nitrogens is 1. The van der Waals surface area contributed by atoms with E-state index in [2.05, 4.69) is 5.32 Å². The Morgan fingerprint density at radius 1 is 1.39 bits per heavy atom. The van der Waals surface area contributed by atoms with Crippen molar-refractivity contribution in [3.8, 4) is 0 Å². The summed E-state index contributed by atoms with van der Waals surface area (Å²) >= 11 is 1.39. The summed E-state index contributed by atoms with van der Waals surface area (Å²) in [7, 11) is 0. The largest absolute Gasteiger partial charge is 0.462 e. The summed E-state index contributed by atoms with van der Waals surface area (Å²) in [6.45, 7) is 10.0. The first kappa shape index (κ1) is 17.9. The Kier molecular flexibility index (Phi) is 6.15. The third-order valence-corrected chi connectivity index (χ3v) is 4.60. The average molecular weight is 341 g/mol. The Balaban J connectivity index is 1.99. The molecule has 23 heavy (non-hydrogen) atoms. The van der Waals surface area contributed by atoms with Gasteiger partial charge >= 0.3 is 5.97 Å². The highest BCUT2D eigenvalue weighted by molar-refractivity contribution is 7.16. The molecule has 0 radical (unpaired) electrons. The molecule has 2 N–H and O–H groups in total. The zero-order chi connectivity index (χ0) is 17.0.